The van der Waals surface area contributed by atoms with Crippen molar-refractivity contribution in [1.29, 1.82) is 0 Å². The van der Waals surface area contributed by atoms with Gasteiger partial charge in [0.25, 0.3) is 5.91 Å². The Labute approximate surface area is 211 Å². The molecule has 5 nitrogen and oxygen atoms in total. The molecule has 0 spiro atoms. The summed E-state index contributed by atoms with van der Waals surface area (Å²) < 4.78 is 6.63. The highest BCUT2D eigenvalue weighted by molar-refractivity contribution is 9.10. The van der Waals surface area contributed by atoms with Crippen molar-refractivity contribution >= 4 is 39.3 Å². The van der Waals surface area contributed by atoms with Crippen LogP contribution in [0.1, 0.15) is 52.7 Å². The van der Waals surface area contributed by atoms with Crippen LogP contribution in [0.5, 0.6) is 5.75 Å². The van der Waals surface area contributed by atoms with Crippen LogP contribution in [0, 0.1) is 5.92 Å². The number of hydrogen-bond donors (Lipinski definition) is 1. The van der Waals surface area contributed by atoms with Crippen molar-refractivity contribution in [2.75, 3.05) is 13.2 Å². The van der Waals surface area contributed by atoms with E-state index in [2.05, 4.69) is 42.0 Å². The Morgan fingerprint density at radius 2 is 1.73 bits per heavy atom. The molecule has 0 saturated carbocycles. The highest BCUT2D eigenvalue weighted by atomic mass is 79.9. The third-order valence-corrected chi connectivity index (χ3v) is 6.14. The fourth-order valence-electron chi connectivity index (χ4n) is 3.13. The first-order valence-corrected chi connectivity index (χ1v) is 12.3. The topological polar surface area (TPSA) is 58.6 Å². The van der Waals surface area contributed by atoms with Gasteiger partial charge >= 0.3 is 0 Å². The van der Waals surface area contributed by atoms with Crippen LogP contribution >= 0.6 is 27.5 Å². The zero-order chi connectivity index (χ0) is 24.8. The summed E-state index contributed by atoms with van der Waals surface area (Å²) >= 11 is 9.54. The molecule has 2 rings (SSSR count). The lowest BCUT2D eigenvalue weighted by molar-refractivity contribution is -0.142. The van der Waals surface area contributed by atoms with Crippen molar-refractivity contribution < 1.29 is 14.3 Å². The molecule has 0 aromatic heterocycles. The van der Waals surface area contributed by atoms with Crippen molar-refractivity contribution in [3.8, 4) is 5.75 Å². The van der Waals surface area contributed by atoms with Crippen molar-refractivity contribution in [2.24, 2.45) is 5.92 Å². The summed E-state index contributed by atoms with van der Waals surface area (Å²) in [4.78, 5) is 27.5. The molecule has 2 aromatic carbocycles. The van der Waals surface area contributed by atoms with Gasteiger partial charge in [-0.1, -0.05) is 64.4 Å². The van der Waals surface area contributed by atoms with Crippen molar-refractivity contribution in [3.05, 3.63) is 63.1 Å². The molecule has 7 heteroatoms. The SMILES string of the molecule is CC(C)CNC(=O)C(C)N(Cc1ccc(Cl)cc1)C(=O)COc1ccc(C(C)(C)C)cc1Br. The Bertz CT molecular complexity index is 955. The van der Waals surface area contributed by atoms with Gasteiger partial charge in [0.15, 0.2) is 6.61 Å². The Kier molecular flexibility index (Phi) is 9.80. The van der Waals surface area contributed by atoms with E-state index in [1.54, 1.807) is 19.1 Å². The smallest absolute Gasteiger partial charge is 0.261 e. The summed E-state index contributed by atoms with van der Waals surface area (Å²) in [6, 6.07) is 12.5. The maximum Gasteiger partial charge on any atom is 0.261 e. The van der Waals surface area contributed by atoms with Crippen molar-refractivity contribution in [3.63, 3.8) is 0 Å². The Morgan fingerprint density at radius 3 is 2.27 bits per heavy atom. The number of halogens is 2. The predicted octanol–water partition coefficient (Wildman–Crippen LogP) is 5.97. The van der Waals surface area contributed by atoms with Gasteiger partial charge in [-0.15, -0.1) is 0 Å². The predicted molar refractivity (Wildman–Crippen MR) is 138 cm³/mol. The molecule has 0 bridgehead atoms. The van der Waals surface area contributed by atoms with Crippen molar-refractivity contribution in [2.45, 2.75) is 59.5 Å². The normalized spacial score (nSPS) is 12.4. The molecule has 0 fully saturated rings. The number of amides is 2. The molecular weight excluding hydrogens is 504 g/mol. The lowest BCUT2D eigenvalue weighted by atomic mass is 9.87. The molecule has 1 unspecified atom stereocenters. The van der Waals surface area contributed by atoms with Gasteiger partial charge in [-0.2, -0.15) is 0 Å². The van der Waals surface area contributed by atoms with E-state index < -0.39 is 6.04 Å². The van der Waals surface area contributed by atoms with Gasteiger partial charge in [-0.05, 0) is 69.6 Å². The Hall–Kier alpha value is -2.05. The maximum atomic E-state index is 13.2. The number of rotatable bonds is 9. The largest absolute Gasteiger partial charge is 0.483 e. The minimum absolute atomic E-state index is 0.00499. The fourth-order valence-corrected chi connectivity index (χ4v) is 3.75. The van der Waals surface area contributed by atoms with Gasteiger partial charge < -0.3 is 15.0 Å². The van der Waals surface area contributed by atoms with E-state index in [0.717, 1.165) is 15.6 Å². The molecule has 0 aliphatic carbocycles. The molecule has 0 aliphatic rings. The number of ether oxygens (including phenoxy) is 1. The third kappa shape index (κ3) is 8.35. The minimum Gasteiger partial charge on any atom is -0.483 e. The van der Waals surface area contributed by atoms with Crippen LogP contribution in [0.15, 0.2) is 46.9 Å². The standard InChI is InChI=1S/C26H34BrClN2O3/c1-17(2)14-29-25(32)18(3)30(15-19-7-10-21(28)11-8-19)24(31)16-33-23-12-9-20(13-22(23)27)26(4,5)6/h7-13,17-18H,14-16H2,1-6H3,(H,29,32). The molecule has 2 amide bonds. The molecule has 180 valence electrons. The van der Waals surface area contributed by atoms with E-state index in [-0.39, 0.29) is 30.4 Å². The van der Waals surface area contributed by atoms with Crippen LogP contribution in [0.2, 0.25) is 5.02 Å². The van der Waals surface area contributed by atoms with Crippen LogP contribution in [-0.4, -0.2) is 35.9 Å². The average molecular weight is 538 g/mol. The highest BCUT2D eigenvalue weighted by Crippen LogP contribution is 2.31. The van der Waals surface area contributed by atoms with E-state index in [1.807, 2.05) is 44.2 Å². The van der Waals surface area contributed by atoms with Gasteiger partial charge in [0.1, 0.15) is 11.8 Å². The van der Waals surface area contributed by atoms with E-state index in [1.165, 1.54) is 4.90 Å². The molecule has 33 heavy (non-hydrogen) atoms. The second-order valence-electron chi connectivity index (χ2n) is 9.65. The van der Waals surface area contributed by atoms with Gasteiger partial charge in [0, 0.05) is 18.1 Å². The van der Waals surface area contributed by atoms with Gasteiger partial charge in [0.05, 0.1) is 4.47 Å². The van der Waals surface area contributed by atoms with E-state index >= 15 is 0 Å². The van der Waals surface area contributed by atoms with Crippen LogP contribution in [-0.2, 0) is 21.5 Å². The number of carbonyl (C=O) groups is 2. The second kappa shape index (κ2) is 11.9. The molecule has 0 aliphatic heterocycles. The number of carbonyl (C=O) groups excluding carboxylic acids is 2. The van der Waals surface area contributed by atoms with E-state index in [4.69, 9.17) is 16.3 Å². The summed E-state index contributed by atoms with van der Waals surface area (Å²) in [5, 5.41) is 3.53. The first-order valence-electron chi connectivity index (χ1n) is 11.1. The number of nitrogens with zero attached hydrogens (tertiary/aromatic N) is 1. The number of nitrogens with one attached hydrogen (secondary N) is 1. The third-order valence-electron chi connectivity index (χ3n) is 5.27. The zero-order valence-electron chi connectivity index (χ0n) is 20.2. The molecular formula is C26H34BrClN2O3. The Balaban J connectivity index is 2.16. The summed E-state index contributed by atoms with van der Waals surface area (Å²) in [7, 11) is 0. The zero-order valence-corrected chi connectivity index (χ0v) is 22.6. The lowest BCUT2D eigenvalue weighted by Crippen LogP contribution is -2.49. The summed E-state index contributed by atoms with van der Waals surface area (Å²) in [6.07, 6.45) is 0. The molecule has 0 radical (unpaired) electrons. The van der Waals surface area contributed by atoms with E-state index in [9.17, 15) is 9.59 Å². The summed E-state index contributed by atoms with van der Waals surface area (Å²) in [5.41, 5.74) is 2.05. The molecule has 2 aromatic rings. The van der Waals surface area contributed by atoms with Gasteiger partial charge in [-0.3, -0.25) is 9.59 Å². The Morgan fingerprint density at radius 1 is 1.09 bits per heavy atom. The molecule has 1 atom stereocenters. The number of hydrogen-bond acceptors (Lipinski definition) is 3. The second-order valence-corrected chi connectivity index (χ2v) is 10.9. The van der Waals surface area contributed by atoms with Crippen LogP contribution < -0.4 is 10.1 Å². The summed E-state index contributed by atoms with van der Waals surface area (Å²) in [5.74, 6) is 0.434. The molecule has 1 N–H and O–H groups in total. The highest BCUT2D eigenvalue weighted by Gasteiger charge is 2.27. The van der Waals surface area contributed by atoms with Crippen molar-refractivity contribution in [1.82, 2.24) is 10.2 Å². The maximum absolute atomic E-state index is 13.2. The molecule has 0 saturated heterocycles. The quantitative estimate of drug-likeness (QED) is 0.429. The fraction of sp³-hybridized carbons (Fsp3) is 0.462. The van der Waals surface area contributed by atoms with Crippen LogP contribution in [0.4, 0.5) is 0 Å². The summed E-state index contributed by atoms with van der Waals surface area (Å²) in [6.45, 7) is 12.9. The monoisotopic (exact) mass is 536 g/mol. The lowest BCUT2D eigenvalue weighted by Gasteiger charge is -2.29. The minimum atomic E-state index is -0.651. The average Bonchev–Trinajstić information content (AvgIpc) is 2.74. The van der Waals surface area contributed by atoms with E-state index in [0.29, 0.717) is 23.2 Å². The van der Waals surface area contributed by atoms with Crippen LogP contribution in [0.25, 0.3) is 0 Å². The van der Waals surface area contributed by atoms with Gasteiger partial charge in [-0.25, -0.2) is 0 Å². The first-order chi connectivity index (χ1) is 15.4. The van der Waals surface area contributed by atoms with Gasteiger partial charge in [0.2, 0.25) is 5.91 Å². The molecule has 0 heterocycles. The van der Waals surface area contributed by atoms with Crippen LogP contribution in [0.3, 0.4) is 0 Å². The number of benzene rings is 2. The first kappa shape index (κ1) is 27.2.